The minimum absolute atomic E-state index is 0.00582. The largest absolute Gasteiger partial charge is 0.573 e. The van der Waals surface area contributed by atoms with Crippen LogP contribution in [0.5, 0.6) is 5.75 Å². The van der Waals surface area contributed by atoms with Crippen LogP contribution in [-0.4, -0.2) is 25.1 Å². The van der Waals surface area contributed by atoms with Crippen LogP contribution in [0.25, 0.3) is 0 Å². The second kappa shape index (κ2) is 6.54. The van der Waals surface area contributed by atoms with Crippen molar-refractivity contribution in [3.8, 4) is 5.75 Å². The monoisotopic (exact) mass is 367 g/mol. The summed E-state index contributed by atoms with van der Waals surface area (Å²) in [6, 6.07) is 4.58. The fraction of sp³-hybridized carbons (Fsp3) is 0.571. The van der Waals surface area contributed by atoms with Gasteiger partial charge in [-0.2, -0.15) is 0 Å². The molecule has 0 aliphatic carbocycles. The fourth-order valence-electron chi connectivity index (χ4n) is 2.18. The highest BCUT2D eigenvalue weighted by Crippen LogP contribution is 2.31. The fourth-order valence-corrected chi connectivity index (χ4v) is 2.68. The Morgan fingerprint density at radius 1 is 1.33 bits per heavy atom. The molecule has 1 saturated heterocycles. The SMILES string of the molecule is CC1(NCc2ccc(OC(F)(F)F)c(Br)c2)CCOCC1. The van der Waals surface area contributed by atoms with E-state index in [-0.39, 0.29) is 15.8 Å². The summed E-state index contributed by atoms with van der Waals surface area (Å²) >= 11 is 3.11. The standard InChI is InChI=1S/C14H17BrF3NO2/c1-13(4-6-20-7-5-13)19-9-10-2-3-12(11(15)8-10)21-14(16,17)18/h2-3,8,19H,4-7,9H2,1H3. The van der Waals surface area contributed by atoms with Gasteiger partial charge in [0.1, 0.15) is 5.75 Å². The maximum absolute atomic E-state index is 12.2. The van der Waals surface area contributed by atoms with E-state index in [9.17, 15) is 13.2 Å². The van der Waals surface area contributed by atoms with Crippen LogP contribution >= 0.6 is 15.9 Å². The zero-order chi connectivity index (χ0) is 15.5. The maximum Gasteiger partial charge on any atom is 0.573 e. The van der Waals surface area contributed by atoms with Crippen molar-refractivity contribution in [2.24, 2.45) is 0 Å². The molecule has 1 N–H and O–H groups in total. The quantitative estimate of drug-likeness (QED) is 0.872. The molecule has 0 amide bonds. The van der Waals surface area contributed by atoms with Crippen molar-refractivity contribution >= 4 is 15.9 Å². The van der Waals surface area contributed by atoms with Gasteiger partial charge in [-0.1, -0.05) is 6.07 Å². The Bertz CT molecular complexity index is 488. The highest BCUT2D eigenvalue weighted by Gasteiger charge is 2.32. The molecule has 1 aromatic rings. The van der Waals surface area contributed by atoms with Crippen molar-refractivity contribution in [1.29, 1.82) is 0 Å². The van der Waals surface area contributed by atoms with Crippen molar-refractivity contribution in [3.63, 3.8) is 0 Å². The minimum atomic E-state index is -4.68. The van der Waals surface area contributed by atoms with E-state index in [1.165, 1.54) is 6.07 Å². The third-order valence-corrected chi connectivity index (χ3v) is 4.16. The Kier molecular flexibility index (Phi) is 5.16. The molecule has 21 heavy (non-hydrogen) atoms. The molecule has 0 unspecified atom stereocenters. The number of benzene rings is 1. The molecular weight excluding hydrogens is 351 g/mol. The second-order valence-electron chi connectivity index (χ2n) is 5.34. The second-order valence-corrected chi connectivity index (χ2v) is 6.19. The molecule has 0 aromatic heterocycles. The third kappa shape index (κ3) is 5.16. The van der Waals surface area contributed by atoms with Crippen molar-refractivity contribution in [2.45, 2.75) is 38.2 Å². The molecule has 0 saturated carbocycles. The number of rotatable bonds is 4. The van der Waals surface area contributed by atoms with E-state index in [2.05, 4.69) is 32.9 Å². The highest BCUT2D eigenvalue weighted by molar-refractivity contribution is 9.10. The number of ether oxygens (including phenoxy) is 2. The van der Waals surface area contributed by atoms with Crippen LogP contribution in [0.4, 0.5) is 13.2 Å². The molecule has 1 heterocycles. The predicted octanol–water partition coefficient (Wildman–Crippen LogP) is 4.01. The number of alkyl halides is 3. The van der Waals surface area contributed by atoms with Crippen molar-refractivity contribution in [1.82, 2.24) is 5.32 Å². The van der Waals surface area contributed by atoms with Crippen LogP contribution in [0.2, 0.25) is 0 Å². The van der Waals surface area contributed by atoms with E-state index in [0.29, 0.717) is 6.54 Å². The van der Waals surface area contributed by atoms with Crippen molar-refractivity contribution in [3.05, 3.63) is 28.2 Å². The Morgan fingerprint density at radius 2 is 2.00 bits per heavy atom. The summed E-state index contributed by atoms with van der Waals surface area (Å²) in [7, 11) is 0. The van der Waals surface area contributed by atoms with E-state index < -0.39 is 6.36 Å². The molecule has 0 radical (unpaired) electrons. The lowest BCUT2D eigenvalue weighted by Gasteiger charge is -2.34. The summed E-state index contributed by atoms with van der Waals surface area (Å²) in [5, 5.41) is 3.45. The van der Waals surface area contributed by atoms with Gasteiger partial charge in [-0.3, -0.25) is 0 Å². The predicted molar refractivity (Wildman–Crippen MR) is 76.1 cm³/mol. The number of halogens is 4. The van der Waals surface area contributed by atoms with E-state index in [1.54, 1.807) is 12.1 Å². The van der Waals surface area contributed by atoms with Crippen LogP contribution in [0.1, 0.15) is 25.3 Å². The first-order valence-corrected chi connectivity index (χ1v) is 7.44. The first-order chi connectivity index (χ1) is 9.77. The summed E-state index contributed by atoms with van der Waals surface area (Å²) in [5.74, 6) is -0.233. The smallest absolute Gasteiger partial charge is 0.405 e. The van der Waals surface area contributed by atoms with Gasteiger partial charge in [0.05, 0.1) is 4.47 Å². The molecule has 3 nitrogen and oxygen atoms in total. The zero-order valence-electron chi connectivity index (χ0n) is 11.6. The van der Waals surface area contributed by atoms with Crippen molar-refractivity contribution in [2.75, 3.05) is 13.2 Å². The average molecular weight is 368 g/mol. The highest BCUT2D eigenvalue weighted by atomic mass is 79.9. The van der Waals surface area contributed by atoms with Gasteiger partial charge in [0.15, 0.2) is 0 Å². The Morgan fingerprint density at radius 3 is 2.57 bits per heavy atom. The van der Waals surface area contributed by atoms with Gasteiger partial charge in [0.2, 0.25) is 0 Å². The molecule has 2 rings (SSSR count). The van der Waals surface area contributed by atoms with Gasteiger partial charge >= 0.3 is 6.36 Å². The van der Waals surface area contributed by atoms with Crippen LogP contribution in [0.3, 0.4) is 0 Å². The Balaban J connectivity index is 1.97. The number of hydrogen-bond donors (Lipinski definition) is 1. The lowest BCUT2D eigenvalue weighted by Crippen LogP contribution is -2.46. The molecule has 118 valence electrons. The van der Waals surface area contributed by atoms with E-state index in [4.69, 9.17) is 4.74 Å². The van der Waals surface area contributed by atoms with Gasteiger partial charge in [-0.25, -0.2) is 0 Å². The van der Waals surface area contributed by atoms with E-state index in [0.717, 1.165) is 31.6 Å². The summed E-state index contributed by atoms with van der Waals surface area (Å²) in [6.45, 7) is 4.17. The summed E-state index contributed by atoms with van der Waals surface area (Å²) < 4.78 is 46.1. The molecule has 0 spiro atoms. The summed E-state index contributed by atoms with van der Waals surface area (Å²) in [5.41, 5.74) is 0.899. The summed E-state index contributed by atoms with van der Waals surface area (Å²) in [6.07, 6.45) is -2.84. The van der Waals surface area contributed by atoms with Gasteiger partial charge in [0.25, 0.3) is 0 Å². The summed E-state index contributed by atoms with van der Waals surface area (Å²) in [4.78, 5) is 0. The normalized spacial score (nSPS) is 18.5. The maximum atomic E-state index is 12.2. The molecule has 0 atom stereocenters. The van der Waals surface area contributed by atoms with Crippen LogP contribution in [0, 0.1) is 0 Å². The Hall–Kier alpha value is -0.790. The average Bonchev–Trinajstić information content (AvgIpc) is 2.39. The lowest BCUT2D eigenvalue weighted by molar-refractivity contribution is -0.274. The van der Waals surface area contributed by atoms with Crippen molar-refractivity contribution < 1.29 is 22.6 Å². The van der Waals surface area contributed by atoms with E-state index in [1.807, 2.05) is 0 Å². The topological polar surface area (TPSA) is 30.5 Å². The first kappa shape index (κ1) is 16.6. The minimum Gasteiger partial charge on any atom is -0.405 e. The van der Waals surface area contributed by atoms with Gasteiger partial charge in [-0.15, -0.1) is 13.2 Å². The molecule has 1 aliphatic heterocycles. The molecule has 1 fully saturated rings. The van der Waals surface area contributed by atoms with Crippen LogP contribution in [-0.2, 0) is 11.3 Å². The Labute approximate surface area is 129 Å². The number of hydrogen-bond acceptors (Lipinski definition) is 3. The third-order valence-electron chi connectivity index (χ3n) is 3.54. The molecule has 0 bridgehead atoms. The van der Waals surface area contributed by atoms with Gasteiger partial charge in [0, 0.05) is 25.3 Å². The zero-order valence-corrected chi connectivity index (χ0v) is 13.2. The van der Waals surface area contributed by atoms with Crippen LogP contribution < -0.4 is 10.1 Å². The molecule has 1 aliphatic rings. The first-order valence-electron chi connectivity index (χ1n) is 6.64. The lowest BCUT2D eigenvalue weighted by atomic mass is 9.92. The van der Waals surface area contributed by atoms with E-state index >= 15 is 0 Å². The van der Waals surface area contributed by atoms with Gasteiger partial charge < -0.3 is 14.8 Å². The number of nitrogens with one attached hydrogen (secondary N) is 1. The molecule has 1 aromatic carbocycles. The van der Waals surface area contributed by atoms with Gasteiger partial charge in [-0.05, 0) is 53.4 Å². The molecular formula is C14H17BrF3NO2. The molecule has 7 heteroatoms. The van der Waals surface area contributed by atoms with Crippen LogP contribution in [0.15, 0.2) is 22.7 Å².